The highest BCUT2D eigenvalue weighted by Crippen LogP contribution is 2.38. The minimum atomic E-state index is -4.55. The Bertz CT molecular complexity index is 1050. The van der Waals surface area contributed by atoms with Gasteiger partial charge >= 0.3 is 6.18 Å². The largest absolute Gasteiger partial charge is 0.482 e. The molecule has 1 aliphatic heterocycles. The molecule has 4 rings (SSSR count). The van der Waals surface area contributed by atoms with Crippen LogP contribution in [-0.2, 0) is 11.0 Å². The topological polar surface area (TPSA) is 68.5 Å². The molecule has 0 radical (unpaired) electrons. The zero-order valence-electron chi connectivity index (χ0n) is 14.7. The van der Waals surface area contributed by atoms with E-state index >= 15 is 0 Å². The second-order valence-electron chi connectivity index (χ2n) is 6.08. The third kappa shape index (κ3) is 3.08. The fraction of sp³-hybridized carbons (Fsp3) is 0.211. The van der Waals surface area contributed by atoms with Crippen LogP contribution in [0.3, 0.4) is 0 Å². The molecular formula is C19H14F3N3O3. The number of benzene rings is 2. The summed E-state index contributed by atoms with van der Waals surface area (Å²) in [6, 6.07) is 9.98. The van der Waals surface area contributed by atoms with E-state index in [1.807, 2.05) is 6.92 Å². The number of hydrogen-bond donors (Lipinski definition) is 0. The Hall–Kier alpha value is -3.36. The maximum atomic E-state index is 13.2. The number of halogens is 3. The molecule has 0 saturated heterocycles. The van der Waals surface area contributed by atoms with E-state index in [0.717, 1.165) is 6.07 Å². The van der Waals surface area contributed by atoms with E-state index in [-0.39, 0.29) is 29.8 Å². The maximum absolute atomic E-state index is 13.2. The van der Waals surface area contributed by atoms with E-state index in [0.29, 0.717) is 23.5 Å². The van der Waals surface area contributed by atoms with Gasteiger partial charge in [-0.3, -0.25) is 4.79 Å². The van der Waals surface area contributed by atoms with Crippen molar-refractivity contribution in [2.24, 2.45) is 0 Å². The van der Waals surface area contributed by atoms with Crippen molar-refractivity contribution in [3.8, 4) is 28.6 Å². The third-order valence-corrected chi connectivity index (χ3v) is 4.37. The Kier molecular flexibility index (Phi) is 4.29. The molecule has 144 valence electrons. The highest BCUT2D eigenvalue weighted by atomic mass is 19.4. The number of carbonyl (C=O) groups is 1. The number of fused-ring (bicyclic) bond motifs is 1. The normalized spacial score (nSPS) is 14.0. The minimum Gasteiger partial charge on any atom is -0.482 e. The van der Waals surface area contributed by atoms with Crippen LogP contribution < -0.4 is 9.64 Å². The molecule has 0 atom stereocenters. The molecule has 0 N–H and O–H groups in total. The van der Waals surface area contributed by atoms with Gasteiger partial charge in [-0.05, 0) is 37.3 Å². The molecule has 0 aliphatic carbocycles. The highest BCUT2D eigenvalue weighted by Gasteiger charge is 2.35. The number of carbonyl (C=O) groups excluding carboxylic acids is 1. The molecule has 6 nitrogen and oxygen atoms in total. The van der Waals surface area contributed by atoms with Crippen LogP contribution >= 0.6 is 0 Å². The molecule has 1 aromatic heterocycles. The van der Waals surface area contributed by atoms with E-state index in [1.54, 1.807) is 23.1 Å². The number of likely N-dealkylation sites (N-methyl/N-ethyl adjacent to an activating group) is 1. The van der Waals surface area contributed by atoms with Crippen molar-refractivity contribution < 1.29 is 27.2 Å². The molecular weight excluding hydrogens is 375 g/mol. The Morgan fingerprint density at radius 2 is 1.96 bits per heavy atom. The van der Waals surface area contributed by atoms with Crippen molar-refractivity contribution in [3.63, 3.8) is 0 Å². The molecule has 3 aromatic rings. The lowest BCUT2D eigenvalue weighted by atomic mass is 10.1. The first-order valence-corrected chi connectivity index (χ1v) is 8.46. The molecule has 28 heavy (non-hydrogen) atoms. The number of nitrogens with zero attached hydrogens (tertiary/aromatic N) is 3. The summed E-state index contributed by atoms with van der Waals surface area (Å²) in [5, 5.41) is 3.81. The van der Waals surface area contributed by atoms with Gasteiger partial charge in [0.05, 0.1) is 16.8 Å². The van der Waals surface area contributed by atoms with Gasteiger partial charge in [0.15, 0.2) is 6.61 Å². The smallest absolute Gasteiger partial charge is 0.417 e. The monoisotopic (exact) mass is 389 g/mol. The summed E-state index contributed by atoms with van der Waals surface area (Å²) in [6.45, 7) is 2.25. The molecule has 0 saturated carbocycles. The van der Waals surface area contributed by atoms with Crippen LogP contribution in [0.25, 0.3) is 22.8 Å². The Labute approximate surface area is 157 Å². The van der Waals surface area contributed by atoms with Crippen LogP contribution in [0.5, 0.6) is 5.75 Å². The second kappa shape index (κ2) is 6.66. The first-order chi connectivity index (χ1) is 13.4. The van der Waals surface area contributed by atoms with Crippen LogP contribution in [0.15, 0.2) is 47.0 Å². The Morgan fingerprint density at radius 1 is 1.18 bits per heavy atom. The lowest BCUT2D eigenvalue weighted by molar-refractivity contribution is -0.137. The Balaban J connectivity index is 1.74. The van der Waals surface area contributed by atoms with Gasteiger partial charge < -0.3 is 14.2 Å². The predicted octanol–water partition coefficient (Wildman–Crippen LogP) is 4.17. The maximum Gasteiger partial charge on any atom is 0.417 e. The van der Waals surface area contributed by atoms with Gasteiger partial charge in [0, 0.05) is 12.1 Å². The van der Waals surface area contributed by atoms with Gasteiger partial charge in [0.25, 0.3) is 11.8 Å². The van der Waals surface area contributed by atoms with Gasteiger partial charge in [-0.15, -0.1) is 0 Å². The van der Waals surface area contributed by atoms with Crippen molar-refractivity contribution in [2.75, 3.05) is 18.1 Å². The average Bonchev–Trinajstić information content (AvgIpc) is 3.17. The summed E-state index contributed by atoms with van der Waals surface area (Å²) in [6.07, 6.45) is -4.55. The summed E-state index contributed by atoms with van der Waals surface area (Å²) >= 11 is 0. The molecule has 0 spiro atoms. The number of hydrogen-bond acceptors (Lipinski definition) is 5. The number of ether oxygens (including phenoxy) is 1. The van der Waals surface area contributed by atoms with Crippen molar-refractivity contribution in [3.05, 3.63) is 48.0 Å². The van der Waals surface area contributed by atoms with Crippen molar-refractivity contribution >= 4 is 11.6 Å². The number of aromatic nitrogens is 2. The van der Waals surface area contributed by atoms with Crippen LogP contribution in [-0.4, -0.2) is 29.2 Å². The molecule has 0 unspecified atom stereocenters. The second-order valence-corrected chi connectivity index (χ2v) is 6.08. The summed E-state index contributed by atoms with van der Waals surface area (Å²) < 4.78 is 50.2. The lowest BCUT2D eigenvalue weighted by Crippen LogP contribution is -2.38. The SMILES string of the molecule is CCN1C(=O)COc2ccc(-c3noc(-c4ccccc4C(F)(F)F)n3)cc21. The first kappa shape index (κ1) is 18.0. The van der Waals surface area contributed by atoms with E-state index < -0.39 is 11.7 Å². The van der Waals surface area contributed by atoms with E-state index in [9.17, 15) is 18.0 Å². The van der Waals surface area contributed by atoms with Gasteiger partial charge in [-0.1, -0.05) is 17.3 Å². The van der Waals surface area contributed by atoms with Crippen molar-refractivity contribution in [1.29, 1.82) is 0 Å². The fourth-order valence-electron chi connectivity index (χ4n) is 3.05. The summed E-state index contributed by atoms with van der Waals surface area (Å²) in [4.78, 5) is 17.7. The molecule has 0 bridgehead atoms. The highest BCUT2D eigenvalue weighted by molar-refractivity contribution is 5.98. The summed E-state index contributed by atoms with van der Waals surface area (Å²) in [7, 11) is 0. The standard InChI is InChI=1S/C19H14F3N3O3/c1-2-25-14-9-11(7-8-15(14)27-10-16(25)26)17-23-18(28-24-17)12-5-3-4-6-13(12)19(20,21)22/h3-9H,2,10H2,1H3. The zero-order chi connectivity index (χ0) is 19.9. The molecule has 0 fully saturated rings. The van der Waals surface area contributed by atoms with E-state index in [1.165, 1.54) is 18.2 Å². The molecule has 1 aliphatic rings. The first-order valence-electron chi connectivity index (χ1n) is 8.46. The van der Waals surface area contributed by atoms with Crippen LogP contribution in [0.2, 0.25) is 0 Å². The van der Waals surface area contributed by atoms with Crippen LogP contribution in [0.4, 0.5) is 18.9 Å². The van der Waals surface area contributed by atoms with Gasteiger partial charge in [-0.25, -0.2) is 0 Å². The fourth-order valence-corrected chi connectivity index (χ4v) is 3.05. The van der Waals surface area contributed by atoms with E-state index in [4.69, 9.17) is 9.26 Å². The minimum absolute atomic E-state index is 0.0409. The zero-order valence-corrected chi connectivity index (χ0v) is 14.7. The van der Waals surface area contributed by atoms with E-state index in [2.05, 4.69) is 10.1 Å². The number of anilines is 1. The predicted molar refractivity (Wildman–Crippen MR) is 93.7 cm³/mol. The van der Waals surface area contributed by atoms with Gasteiger partial charge in [0.2, 0.25) is 5.82 Å². The van der Waals surface area contributed by atoms with Crippen LogP contribution in [0, 0.1) is 0 Å². The summed E-state index contributed by atoms with van der Waals surface area (Å²) in [5.41, 5.74) is 0.000447. The Morgan fingerprint density at radius 3 is 2.71 bits per heavy atom. The van der Waals surface area contributed by atoms with Crippen molar-refractivity contribution in [2.45, 2.75) is 13.1 Å². The lowest BCUT2D eigenvalue weighted by Gasteiger charge is -2.28. The van der Waals surface area contributed by atoms with Crippen molar-refractivity contribution in [1.82, 2.24) is 10.1 Å². The molecule has 2 aromatic carbocycles. The van der Waals surface area contributed by atoms with Gasteiger partial charge in [0.1, 0.15) is 5.75 Å². The summed E-state index contributed by atoms with van der Waals surface area (Å²) in [5.74, 6) is 0.237. The van der Waals surface area contributed by atoms with Crippen LogP contribution in [0.1, 0.15) is 12.5 Å². The number of amides is 1. The molecule has 1 amide bonds. The molecule has 2 heterocycles. The van der Waals surface area contributed by atoms with Gasteiger partial charge in [-0.2, -0.15) is 18.2 Å². The molecule has 9 heteroatoms. The third-order valence-electron chi connectivity index (χ3n) is 4.37. The quantitative estimate of drug-likeness (QED) is 0.673. The average molecular weight is 389 g/mol. The number of alkyl halides is 3. The number of rotatable bonds is 3.